The fourth-order valence-corrected chi connectivity index (χ4v) is 4.93. The number of sulfonamides is 1. The van der Waals surface area contributed by atoms with Crippen LogP contribution in [0.1, 0.15) is 12.8 Å². The number of carbonyl (C=O) groups excluding carboxylic acids is 1. The summed E-state index contributed by atoms with van der Waals surface area (Å²) >= 11 is 0. The van der Waals surface area contributed by atoms with Crippen molar-refractivity contribution in [3.63, 3.8) is 0 Å². The second kappa shape index (κ2) is 6.54. The lowest BCUT2D eigenvalue weighted by molar-refractivity contribution is -0.153. The zero-order chi connectivity index (χ0) is 18.9. The van der Waals surface area contributed by atoms with Crippen LogP contribution in [0.4, 0.5) is 0 Å². The Labute approximate surface area is 150 Å². The summed E-state index contributed by atoms with van der Waals surface area (Å²) in [5.74, 6) is -2.79. The van der Waals surface area contributed by atoms with Gasteiger partial charge in [0.15, 0.2) is 0 Å². The number of nitrogens with two attached hydrogens (primary N) is 1. The van der Waals surface area contributed by atoms with Crippen LogP contribution in [0.2, 0.25) is 0 Å². The fourth-order valence-electron chi connectivity index (χ4n) is 3.16. The molecular weight excluding hydrogens is 356 g/mol. The van der Waals surface area contributed by atoms with Crippen molar-refractivity contribution in [2.24, 2.45) is 5.73 Å². The quantitative estimate of drug-likeness (QED) is 0.621. The highest BCUT2D eigenvalue weighted by Gasteiger charge is 2.54. The van der Waals surface area contributed by atoms with Crippen molar-refractivity contribution in [1.82, 2.24) is 4.31 Å². The van der Waals surface area contributed by atoms with E-state index in [2.05, 4.69) is 0 Å². The molecule has 2 aromatic carbocycles. The largest absolute Gasteiger partial charge is 0.479 e. The van der Waals surface area contributed by atoms with Gasteiger partial charge in [-0.2, -0.15) is 4.31 Å². The Kier molecular flexibility index (Phi) is 4.55. The number of aliphatic carboxylic acids is 1. The topological polar surface area (TPSA) is 118 Å². The maximum Gasteiger partial charge on any atom is 0.335 e. The monoisotopic (exact) mass is 374 g/mol. The lowest BCUT2D eigenvalue weighted by Crippen LogP contribution is -2.63. The van der Waals surface area contributed by atoms with Gasteiger partial charge in [0, 0.05) is 13.0 Å². The maximum atomic E-state index is 13.2. The predicted octanol–water partition coefficient (Wildman–Crippen LogP) is 1.49. The van der Waals surface area contributed by atoms with Crippen LogP contribution in [-0.2, 0) is 19.6 Å². The van der Waals surface area contributed by atoms with Crippen LogP contribution >= 0.6 is 0 Å². The van der Waals surface area contributed by atoms with E-state index in [9.17, 15) is 23.1 Å². The molecule has 0 saturated carbocycles. The maximum absolute atomic E-state index is 13.2. The molecular formula is C18H18N2O5S. The van der Waals surface area contributed by atoms with E-state index >= 15 is 0 Å². The van der Waals surface area contributed by atoms with Gasteiger partial charge in [0.1, 0.15) is 0 Å². The summed E-state index contributed by atoms with van der Waals surface area (Å²) in [6.45, 7) is -0.152. The van der Waals surface area contributed by atoms with Crippen molar-refractivity contribution < 1.29 is 23.1 Å². The summed E-state index contributed by atoms with van der Waals surface area (Å²) in [7, 11) is -4.26. The molecule has 1 amide bonds. The summed E-state index contributed by atoms with van der Waals surface area (Å²) in [6, 6.07) is 11.7. The Bertz CT molecular complexity index is 999. The summed E-state index contributed by atoms with van der Waals surface area (Å²) in [4.78, 5) is 23.9. The summed E-state index contributed by atoms with van der Waals surface area (Å²) in [6.07, 6.45) is 3.10. The lowest BCUT2D eigenvalue weighted by Gasteiger charge is -2.35. The van der Waals surface area contributed by atoms with E-state index < -0.39 is 27.4 Å². The number of nitrogens with zero attached hydrogens (tertiary/aromatic N) is 1. The van der Waals surface area contributed by atoms with Crippen LogP contribution in [0.25, 0.3) is 10.8 Å². The first-order chi connectivity index (χ1) is 12.3. The van der Waals surface area contributed by atoms with Gasteiger partial charge in [-0.05, 0) is 29.3 Å². The van der Waals surface area contributed by atoms with Crippen LogP contribution in [0.3, 0.4) is 0 Å². The number of carbonyl (C=O) groups is 2. The number of benzene rings is 2. The molecule has 0 saturated heterocycles. The van der Waals surface area contributed by atoms with Crippen molar-refractivity contribution in [3.8, 4) is 0 Å². The van der Waals surface area contributed by atoms with Crippen molar-refractivity contribution in [3.05, 3.63) is 54.6 Å². The van der Waals surface area contributed by atoms with Gasteiger partial charge in [0.05, 0.1) is 4.90 Å². The highest BCUT2D eigenvalue weighted by atomic mass is 32.2. The average molecular weight is 374 g/mol. The molecule has 0 bridgehead atoms. The van der Waals surface area contributed by atoms with E-state index in [1.165, 1.54) is 18.2 Å². The molecule has 7 nitrogen and oxygen atoms in total. The molecule has 0 radical (unpaired) electrons. The molecule has 0 spiro atoms. The van der Waals surface area contributed by atoms with Gasteiger partial charge >= 0.3 is 5.97 Å². The van der Waals surface area contributed by atoms with Crippen molar-refractivity contribution in [2.45, 2.75) is 23.3 Å². The smallest absolute Gasteiger partial charge is 0.335 e. The molecule has 136 valence electrons. The predicted molar refractivity (Wildman–Crippen MR) is 95.8 cm³/mol. The Hall–Kier alpha value is -2.71. The third-order valence-corrected chi connectivity index (χ3v) is 6.50. The van der Waals surface area contributed by atoms with Crippen LogP contribution in [-0.4, -0.2) is 41.8 Å². The van der Waals surface area contributed by atoms with Gasteiger partial charge in [-0.1, -0.05) is 42.5 Å². The van der Waals surface area contributed by atoms with Crippen molar-refractivity contribution in [1.29, 1.82) is 0 Å². The molecule has 3 rings (SSSR count). The van der Waals surface area contributed by atoms with Gasteiger partial charge in [0.2, 0.25) is 15.6 Å². The highest BCUT2D eigenvalue weighted by molar-refractivity contribution is 7.89. The molecule has 1 atom stereocenters. The molecule has 8 heteroatoms. The summed E-state index contributed by atoms with van der Waals surface area (Å²) in [5.41, 5.74) is 3.02. The first kappa shape index (κ1) is 18.1. The van der Waals surface area contributed by atoms with E-state index in [0.717, 1.165) is 9.69 Å². The van der Waals surface area contributed by atoms with Crippen LogP contribution in [0, 0.1) is 0 Å². The number of hydrogen-bond acceptors (Lipinski definition) is 4. The molecule has 26 heavy (non-hydrogen) atoms. The third-order valence-electron chi connectivity index (χ3n) is 4.57. The highest BCUT2D eigenvalue weighted by Crippen LogP contribution is 2.32. The van der Waals surface area contributed by atoms with Gasteiger partial charge in [-0.3, -0.25) is 4.79 Å². The zero-order valence-electron chi connectivity index (χ0n) is 13.8. The fraction of sp³-hybridized carbons (Fsp3) is 0.222. The van der Waals surface area contributed by atoms with Crippen molar-refractivity contribution in [2.75, 3.05) is 6.54 Å². The average Bonchev–Trinajstić information content (AvgIpc) is 2.85. The Morgan fingerprint density at radius 1 is 1.08 bits per heavy atom. The third kappa shape index (κ3) is 2.77. The summed E-state index contributed by atoms with van der Waals surface area (Å²) < 4.78 is 27.2. The minimum Gasteiger partial charge on any atom is -0.479 e. The standard InChI is InChI=1S/C18H18N2O5S/c19-16(21)18(17(22)23)10-4-1-5-11-20(18)26(24,25)15-9-8-13-6-2-3-7-14(13)12-15/h1-4,6-9,12H,5,10-11H2,(H2,19,21)(H,22,23). The van der Waals surface area contributed by atoms with E-state index in [-0.39, 0.29) is 24.3 Å². The lowest BCUT2D eigenvalue weighted by atomic mass is 9.95. The van der Waals surface area contributed by atoms with Crippen LogP contribution < -0.4 is 5.73 Å². The molecule has 1 unspecified atom stereocenters. The molecule has 3 N–H and O–H groups in total. The van der Waals surface area contributed by atoms with Crippen LogP contribution in [0.15, 0.2) is 59.5 Å². The van der Waals surface area contributed by atoms with Crippen molar-refractivity contribution >= 4 is 32.7 Å². The number of hydrogen-bond donors (Lipinski definition) is 2. The molecule has 0 fully saturated rings. The van der Waals surface area contributed by atoms with Gasteiger partial charge in [-0.25, -0.2) is 13.2 Å². The number of amides is 1. The minimum absolute atomic E-state index is 0.0787. The van der Waals surface area contributed by atoms with Crippen LogP contribution in [0.5, 0.6) is 0 Å². The second-order valence-corrected chi connectivity index (χ2v) is 7.94. The van der Waals surface area contributed by atoms with E-state index in [0.29, 0.717) is 5.39 Å². The van der Waals surface area contributed by atoms with E-state index in [1.807, 2.05) is 12.1 Å². The first-order valence-electron chi connectivity index (χ1n) is 8.00. The Balaban J connectivity index is 2.18. The first-order valence-corrected chi connectivity index (χ1v) is 9.44. The Morgan fingerprint density at radius 3 is 2.42 bits per heavy atom. The number of carboxylic acids is 1. The second-order valence-electron chi connectivity index (χ2n) is 6.08. The normalized spacial score (nSPS) is 21.4. The molecule has 1 aliphatic heterocycles. The molecule has 1 aliphatic rings. The molecule has 0 aliphatic carbocycles. The summed E-state index contributed by atoms with van der Waals surface area (Å²) in [5, 5.41) is 11.2. The van der Waals surface area contributed by atoms with Gasteiger partial charge < -0.3 is 10.8 Å². The van der Waals surface area contributed by atoms with Gasteiger partial charge in [0.25, 0.3) is 5.91 Å². The van der Waals surface area contributed by atoms with E-state index in [1.54, 1.807) is 24.3 Å². The molecule has 2 aromatic rings. The number of primary amides is 1. The van der Waals surface area contributed by atoms with E-state index in [4.69, 9.17) is 5.73 Å². The number of carboxylic acid groups (broad SMARTS) is 1. The van der Waals surface area contributed by atoms with Gasteiger partial charge in [-0.15, -0.1) is 0 Å². The Morgan fingerprint density at radius 2 is 1.77 bits per heavy atom. The molecule has 1 heterocycles. The number of rotatable bonds is 4. The number of fused-ring (bicyclic) bond motifs is 1. The minimum atomic E-state index is -4.26. The zero-order valence-corrected chi connectivity index (χ0v) is 14.6. The molecule has 0 aromatic heterocycles. The SMILES string of the molecule is NC(=O)C1(C(=O)O)CC=CCCN1S(=O)(=O)c1ccc2ccccc2c1.